The summed E-state index contributed by atoms with van der Waals surface area (Å²) in [5.74, 6) is 0. The molecule has 1 aliphatic carbocycles. The second-order valence-electron chi connectivity index (χ2n) is 14.9. The maximum Gasteiger partial charge on any atom is 0.0540 e. The molecule has 10 aromatic rings. The summed E-state index contributed by atoms with van der Waals surface area (Å²) in [7, 11) is 0. The Bertz CT molecular complexity index is 3090. The number of fused-ring (bicyclic) bond motifs is 7. The van der Waals surface area contributed by atoms with Gasteiger partial charge in [-0.3, -0.25) is 0 Å². The molecule has 56 heavy (non-hydrogen) atoms. The normalized spacial score (nSPS) is 11.9. The number of hydrogen-bond donors (Lipinski definition) is 0. The highest BCUT2D eigenvalue weighted by atomic mass is 15.1. The standard InChI is InChI=1S/C55H37N/c1-4-16-46-38(12-1)15-11-22-51(46)53-21-9-10-23-55(53)56(44-29-24-37(25-30-44)40-28-33-49-43(34-40)35-41-13-2-5-17-47(41)49)45-31-26-39(27-32-45)54-36-42-14-3-6-18-48(42)50-19-7-8-20-52(50)54/h1-34,36H,35H2. The Hall–Kier alpha value is -7.22. The molecule has 1 nitrogen and oxygen atoms in total. The van der Waals surface area contributed by atoms with Gasteiger partial charge in [0.05, 0.1) is 5.69 Å². The molecule has 0 bridgehead atoms. The Balaban J connectivity index is 1.04. The van der Waals surface area contributed by atoms with Gasteiger partial charge < -0.3 is 4.90 Å². The van der Waals surface area contributed by atoms with Gasteiger partial charge in [-0.25, -0.2) is 0 Å². The predicted octanol–water partition coefficient (Wildman–Crippen LogP) is 15.2. The zero-order valence-corrected chi connectivity index (χ0v) is 30.9. The fourth-order valence-electron chi connectivity index (χ4n) is 8.99. The van der Waals surface area contributed by atoms with E-state index in [0.717, 1.165) is 23.5 Å². The Morgan fingerprint density at radius 3 is 1.64 bits per heavy atom. The van der Waals surface area contributed by atoms with Crippen LogP contribution in [0.5, 0.6) is 0 Å². The average molecular weight is 712 g/mol. The molecule has 1 aliphatic rings. The summed E-state index contributed by atoms with van der Waals surface area (Å²) in [5.41, 5.74) is 16.2. The first-order valence-electron chi connectivity index (χ1n) is 19.5. The molecule has 262 valence electrons. The minimum absolute atomic E-state index is 0.987. The summed E-state index contributed by atoms with van der Waals surface area (Å²) in [6.45, 7) is 0. The molecular formula is C55H37N. The zero-order valence-electron chi connectivity index (χ0n) is 30.9. The van der Waals surface area contributed by atoms with E-state index in [1.807, 2.05) is 0 Å². The van der Waals surface area contributed by atoms with E-state index >= 15 is 0 Å². The predicted molar refractivity (Wildman–Crippen MR) is 238 cm³/mol. The third kappa shape index (κ3) is 5.40. The van der Waals surface area contributed by atoms with Crippen LogP contribution in [0, 0.1) is 0 Å². The van der Waals surface area contributed by atoms with Crippen molar-refractivity contribution >= 4 is 49.4 Å². The van der Waals surface area contributed by atoms with Gasteiger partial charge in [-0.1, -0.05) is 176 Å². The molecule has 10 aromatic carbocycles. The number of anilines is 3. The van der Waals surface area contributed by atoms with Gasteiger partial charge in [-0.15, -0.1) is 0 Å². The van der Waals surface area contributed by atoms with Crippen molar-refractivity contribution in [1.82, 2.24) is 0 Å². The van der Waals surface area contributed by atoms with E-state index in [-0.39, 0.29) is 0 Å². The van der Waals surface area contributed by atoms with Crippen LogP contribution in [0.25, 0.3) is 76.8 Å². The SMILES string of the molecule is c1ccc2c(c1)Cc1cc(-c3ccc(N(c4ccc(-c5cc6ccccc6c6ccccc56)cc4)c4ccccc4-c4cccc5ccccc45)cc3)ccc1-2. The molecule has 0 aliphatic heterocycles. The smallest absolute Gasteiger partial charge is 0.0540 e. The molecule has 0 saturated heterocycles. The number of hydrogen-bond acceptors (Lipinski definition) is 1. The maximum absolute atomic E-state index is 2.42. The molecule has 0 fully saturated rings. The Morgan fingerprint density at radius 2 is 0.839 bits per heavy atom. The van der Waals surface area contributed by atoms with Crippen molar-refractivity contribution in [2.45, 2.75) is 6.42 Å². The second-order valence-corrected chi connectivity index (χ2v) is 14.9. The lowest BCUT2D eigenvalue weighted by Crippen LogP contribution is -2.11. The highest BCUT2D eigenvalue weighted by Gasteiger charge is 2.21. The fraction of sp³-hybridized carbons (Fsp3) is 0.0182. The van der Waals surface area contributed by atoms with Gasteiger partial charge in [-0.2, -0.15) is 0 Å². The van der Waals surface area contributed by atoms with E-state index < -0.39 is 0 Å². The molecule has 0 atom stereocenters. The Morgan fingerprint density at radius 1 is 0.286 bits per heavy atom. The van der Waals surface area contributed by atoms with Crippen molar-refractivity contribution in [3.05, 3.63) is 223 Å². The van der Waals surface area contributed by atoms with Crippen molar-refractivity contribution in [3.63, 3.8) is 0 Å². The van der Waals surface area contributed by atoms with Gasteiger partial charge in [0.1, 0.15) is 0 Å². The van der Waals surface area contributed by atoms with Crippen LogP contribution in [0.15, 0.2) is 212 Å². The number of para-hydroxylation sites is 1. The van der Waals surface area contributed by atoms with Crippen LogP contribution >= 0.6 is 0 Å². The topological polar surface area (TPSA) is 3.24 Å². The summed E-state index contributed by atoms with van der Waals surface area (Å²) in [5, 5.41) is 7.57. The first kappa shape index (κ1) is 32.2. The molecule has 0 radical (unpaired) electrons. The van der Waals surface area contributed by atoms with Crippen LogP contribution in [0.1, 0.15) is 11.1 Å². The Kier molecular flexibility index (Phi) is 7.64. The summed E-state index contributed by atoms with van der Waals surface area (Å²) in [6, 6.07) is 78.0. The molecule has 0 saturated carbocycles. The first-order chi connectivity index (χ1) is 27.8. The molecule has 11 rings (SSSR count). The summed E-state index contributed by atoms with van der Waals surface area (Å²) in [4.78, 5) is 2.42. The van der Waals surface area contributed by atoms with Crippen molar-refractivity contribution in [1.29, 1.82) is 0 Å². The Labute approximate surface area is 327 Å². The van der Waals surface area contributed by atoms with Gasteiger partial charge in [0.15, 0.2) is 0 Å². The number of rotatable bonds is 6. The van der Waals surface area contributed by atoms with Crippen LogP contribution in [0.2, 0.25) is 0 Å². The maximum atomic E-state index is 2.42. The minimum atomic E-state index is 0.987. The zero-order chi connectivity index (χ0) is 37.0. The van der Waals surface area contributed by atoms with Gasteiger partial charge in [-0.05, 0) is 125 Å². The number of benzene rings is 10. The van der Waals surface area contributed by atoms with E-state index in [9.17, 15) is 0 Å². The van der Waals surface area contributed by atoms with Crippen LogP contribution in [-0.4, -0.2) is 0 Å². The van der Waals surface area contributed by atoms with Gasteiger partial charge in [0, 0.05) is 16.9 Å². The van der Waals surface area contributed by atoms with Crippen molar-refractivity contribution < 1.29 is 0 Å². The van der Waals surface area contributed by atoms with Crippen LogP contribution in [0.4, 0.5) is 17.1 Å². The van der Waals surface area contributed by atoms with E-state index in [1.165, 1.54) is 88.0 Å². The second kappa shape index (κ2) is 13.3. The third-order valence-corrected chi connectivity index (χ3v) is 11.7. The molecule has 0 heterocycles. The fourth-order valence-corrected chi connectivity index (χ4v) is 8.99. The molecule has 0 unspecified atom stereocenters. The molecule has 0 N–H and O–H groups in total. The van der Waals surface area contributed by atoms with Crippen molar-refractivity contribution in [2.24, 2.45) is 0 Å². The van der Waals surface area contributed by atoms with Gasteiger partial charge in [0.2, 0.25) is 0 Å². The third-order valence-electron chi connectivity index (χ3n) is 11.7. The molecule has 0 amide bonds. The summed E-state index contributed by atoms with van der Waals surface area (Å²) < 4.78 is 0. The van der Waals surface area contributed by atoms with Crippen molar-refractivity contribution in [3.8, 4) is 44.5 Å². The van der Waals surface area contributed by atoms with Gasteiger partial charge in [0.25, 0.3) is 0 Å². The van der Waals surface area contributed by atoms with Gasteiger partial charge >= 0.3 is 0 Å². The minimum Gasteiger partial charge on any atom is -0.310 e. The lowest BCUT2D eigenvalue weighted by Gasteiger charge is -2.28. The molecule has 1 heteroatoms. The lowest BCUT2D eigenvalue weighted by molar-refractivity contribution is 1.26. The summed E-state index contributed by atoms with van der Waals surface area (Å²) in [6.07, 6.45) is 0.987. The average Bonchev–Trinajstić information content (AvgIpc) is 3.65. The van der Waals surface area contributed by atoms with Crippen LogP contribution in [0.3, 0.4) is 0 Å². The largest absolute Gasteiger partial charge is 0.310 e. The number of nitrogens with zero attached hydrogens (tertiary/aromatic N) is 1. The lowest BCUT2D eigenvalue weighted by atomic mass is 9.93. The molecule has 0 spiro atoms. The van der Waals surface area contributed by atoms with E-state index in [4.69, 9.17) is 0 Å². The molecule has 0 aromatic heterocycles. The molecular weight excluding hydrogens is 675 g/mol. The van der Waals surface area contributed by atoms with Crippen LogP contribution < -0.4 is 4.90 Å². The van der Waals surface area contributed by atoms with E-state index in [2.05, 4.69) is 217 Å². The highest BCUT2D eigenvalue weighted by Crippen LogP contribution is 2.45. The van der Waals surface area contributed by atoms with E-state index in [0.29, 0.717) is 0 Å². The van der Waals surface area contributed by atoms with Crippen molar-refractivity contribution in [2.75, 3.05) is 4.90 Å². The first-order valence-corrected chi connectivity index (χ1v) is 19.5. The van der Waals surface area contributed by atoms with E-state index in [1.54, 1.807) is 0 Å². The monoisotopic (exact) mass is 711 g/mol. The van der Waals surface area contributed by atoms with Crippen LogP contribution in [-0.2, 0) is 6.42 Å². The quantitative estimate of drug-likeness (QED) is 0.155. The summed E-state index contributed by atoms with van der Waals surface area (Å²) >= 11 is 0. The highest BCUT2D eigenvalue weighted by molar-refractivity contribution is 6.14.